The Morgan fingerprint density at radius 1 is 1.24 bits per heavy atom. The Hall–Kier alpha value is -2.56. The van der Waals surface area contributed by atoms with E-state index in [9.17, 15) is 28.2 Å². The predicted molar refractivity (Wildman–Crippen MR) is 107 cm³/mol. The van der Waals surface area contributed by atoms with Crippen molar-refractivity contribution < 1.29 is 28.2 Å². The third-order valence-corrected chi connectivity index (χ3v) is 8.70. The molecule has 0 radical (unpaired) electrons. The lowest BCUT2D eigenvalue weighted by Crippen LogP contribution is -2.60. The first-order valence-electron chi connectivity index (χ1n) is 8.92. The highest BCUT2D eigenvalue weighted by molar-refractivity contribution is 8.04. The molecule has 2 aromatic rings. The number of aliphatic hydroxyl groups is 1. The summed E-state index contributed by atoms with van der Waals surface area (Å²) in [5.74, 6) is -2.46. The second-order valence-electron chi connectivity index (χ2n) is 7.20. The number of carboxylic acids is 1. The van der Waals surface area contributed by atoms with Gasteiger partial charge in [0.1, 0.15) is 11.1 Å². The number of β-lactam (4-membered cyclic amide) rings is 1. The van der Waals surface area contributed by atoms with E-state index in [-0.39, 0.29) is 22.0 Å². The Morgan fingerprint density at radius 2 is 1.93 bits per heavy atom. The number of carboxylic acid groups (broad SMARTS) is 1. The van der Waals surface area contributed by atoms with Crippen molar-refractivity contribution in [2.24, 2.45) is 5.92 Å². The van der Waals surface area contributed by atoms with Gasteiger partial charge in [-0.2, -0.15) is 0 Å². The molecule has 1 fully saturated rings. The Balaban J connectivity index is 1.59. The molecule has 150 valence electrons. The van der Waals surface area contributed by atoms with Crippen LogP contribution >= 0.6 is 11.8 Å². The average Bonchev–Trinajstić information content (AvgIpc) is 3.09. The molecule has 10 heteroatoms. The van der Waals surface area contributed by atoms with Gasteiger partial charge in [0.15, 0.2) is 0 Å². The van der Waals surface area contributed by atoms with Crippen molar-refractivity contribution in [1.82, 2.24) is 4.90 Å². The number of carbonyl (C=O) groups excluding carboxylic acids is 1. The summed E-state index contributed by atoms with van der Waals surface area (Å²) in [6.45, 7) is 1.30. The third kappa shape index (κ3) is 2.33. The van der Waals surface area contributed by atoms with E-state index in [2.05, 4.69) is 0 Å². The van der Waals surface area contributed by atoms with Crippen LogP contribution in [-0.2, 0) is 19.6 Å². The minimum atomic E-state index is -3.85. The first-order valence-corrected chi connectivity index (χ1v) is 11.2. The van der Waals surface area contributed by atoms with Crippen molar-refractivity contribution in [1.29, 1.82) is 0 Å². The van der Waals surface area contributed by atoms with Crippen molar-refractivity contribution in [3.05, 3.63) is 47.0 Å². The van der Waals surface area contributed by atoms with Crippen LogP contribution in [0.3, 0.4) is 0 Å². The van der Waals surface area contributed by atoms with Gasteiger partial charge in [-0.05, 0) is 24.4 Å². The van der Waals surface area contributed by atoms with Crippen LogP contribution in [0.5, 0.6) is 0 Å². The molecule has 2 N–H and O–H groups in total. The second-order valence-corrected chi connectivity index (χ2v) is 10.2. The maximum absolute atomic E-state index is 13.2. The molecule has 3 aliphatic heterocycles. The highest BCUT2D eigenvalue weighted by Crippen LogP contribution is 2.52. The fraction of sp³-hybridized carbons (Fsp3) is 0.263. The van der Waals surface area contributed by atoms with E-state index in [4.69, 9.17) is 0 Å². The monoisotopic (exact) mass is 432 g/mol. The third-order valence-electron chi connectivity index (χ3n) is 5.54. The zero-order valence-electron chi connectivity index (χ0n) is 15.1. The maximum atomic E-state index is 13.2. The van der Waals surface area contributed by atoms with Gasteiger partial charge in [0.2, 0.25) is 5.91 Å². The molecule has 1 amide bonds. The Morgan fingerprint density at radius 3 is 2.59 bits per heavy atom. The normalized spacial score (nSPS) is 25.4. The molecule has 3 atom stereocenters. The summed E-state index contributed by atoms with van der Waals surface area (Å²) in [6.07, 6.45) is -0.917. The fourth-order valence-corrected chi connectivity index (χ4v) is 7.58. The Labute approximate surface area is 170 Å². The van der Waals surface area contributed by atoms with Crippen molar-refractivity contribution in [2.45, 2.75) is 23.3 Å². The molecule has 1 saturated heterocycles. The molecule has 0 aromatic heterocycles. The van der Waals surface area contributed by atoms with E-state index in [1.165, 1.54) is 17.3 Å². The number of anilines is 1. The molecule has 5 rings (SSSR count). The number of sulfonamides is 1. The number of aliphatic carboxylic acids is 1. The van der Waals surface area contributed by atoms with Crippen LogP contribution < -0.4 is 4.31 Å². The molecule has 0 aliphatic carbocycles. The number of carbonyl (C=O) groups is 2. The lowest BCUT2D eigenvalue weighted by molar-refractivity contribution is -0.156. The Bertz CT molecular complexity index is 1230. The molecule has 2 aromatic carbocycles. The maximum Gasteiger partial charge on any atom is 0.353 e. The SMILES string of the molecule is CC(O)C1C(=O)N2C(C(=O)O)=C(CN3c4cccc5cccc(c45)S3(=O)=O)SC12. The van der Waals surface area contributed by atoms with Crippen LogP contribution in [0.15, 0.2) is 51.9 Å². The Kier molecular flexibility index (Phi) is 3.80. The largest absolute Gasteiger partial charge is 0.477 e. The summed E-state index contributed by atoms with van der Waals surface area (Å²) in [6, 6.07) is 10.3. The van der Waals surface area contributed by atoms with E-state index < -0.39 is 39.3 Å². The minimum absolute atomic E-state index is 0.185. The van der Waals surface area contributed by atoms with Gasteiger partial charge in [-0.1, -0.05) is 36.0 Å². The highest BCUT2D eigenvalue weighted by Gasteiger charge is 2.58. The zero-order chi connectivity index (χ0) is 20.7. The number of fused-ring (bicyclic) bond motifs is 1. The number of benzene rings is 2. The van der Waals surface area contributed by atoms with E-state index >= 15 is 0 Å². The second kappa shape index (κ2) is 5.97. The van der Waals surface area contributed by atoms with Gasteiger partial charge in [0.05, 0.1) is 29.1 Å². The van der Waals surface area contributed by atoms with Crippen molar-refractivity contribution >= 4 is 50.1 Å². The van der Waals surface area contributed by atoms with Crippen LogP contribution in [0.25, 0.3) is 10.8 Å². The van der Waals surface area contributed by atoms with Gasteiger partial charge in [0.25, 0.3) is 10.0 Å². The number of amides is 1. The van der Waals surface area contributed by atoms with Crippen LogP contribution in [0.1, 0.15) is 6.92 Å². The number of hydrogen-bond acceptors (Lipinski definition) is 6. The number of thioether (sulfide) groups is 1. The van der Waals surface area contributed by atoms with Crippen LogP contribution in [0.2, 0.25) is 0 Å². The summed E-state index contributed by atoms with van der Waals surface area (Å²) >= 11 is 1.13. The molecule has 3 aliphatic rings. The van der Waals surface area contributed by atoms with Crippen LogP contribution in [-0.4, -0.2) is 53.4 Å². The van der Waals surface area contributed by atoms with E-state index in [1.54, 1.807) is 18.2 Å². The molecule has 0 saturated carbocycles. The van der Waals surface area contributed by atoms with E-state index in [0.717, 1.165) is 22.0 Å². The van der Waals surface area contributed by atoms with Crippen molar-refractivity contribution in [3.8, 4) is 0 Å². The zero-order valence-corrected chi connectivity index (χ0v) is 16.8. The summed E-state index contributed by atoms with van der Waals surface area (Å²) < 4.78 is 27.5. The smallest absolute Gasteiger partial charge is 0.353 e. The summed E-state index contributed by atoms with van der Waals surface area (Å²) in [5, 5.41) is 20.4. The number of nitrogens with zero attached hydrogens (tertiary/aromatic N) is 2. The van der Waals surface area contributed by atoms with Crippen molar-refractivity contribution in [2.75, 3.05) is 10.8 Å². The molecular weight excluding hydrogens is 416 g/mol. The quantitative estimate of drug-likeness (QED) is 0.705. The van der Waals surface area contributed by atoms with Gasteiger partial charge in [-0.25, -0.2) is 13.2 Å². The number of hydrogen-bond donors (Lipinski definition) is 2. The van der Waals surface area contributed by atoms with E-state index in [0.29, 0.717) is 11.1 Å². The average molecular weight is 432 g/mol. The van der Waals surface area contributed by atoms with E-state index in [1.807, 2.05) is 12.1 Å². The number of rotatable bonds is 4. The van der Waals surface area contributed by atoms with Gasteiger partial charge in [0, 0.05) is 10.3 Å². The molecule has 0 spiro atoms. The lowest BCUT2D eigenvalue weighted by Gasteiger charge is -2.43. The molecule has 0 bridgehead atoms. The molecule has 3 heterocycles. The van der Waals surface area contributed by atoms with Crippen LogP contribution in [0.4, 0.5) is 5.69 Å². The summed E-state index contributed by atoms with van der Waals surface area (Å²) in [5.41, 5.74) is 0.281. The number of aliphatic hydroxyl groups excluding tert-OH is 1. The van der Waals surface area contributed by atoms with Gasteiger partial charge >= 0.3 is 5.97 Å². The lowest BCUT2D eigenvalue weighted by atomic mass is 9.92. The summed E-state index contributed by atoms with van der Waals surface area (Å²) in [7, 11) is -3.85. The van der Waals surface area contributed by atoms with Gasteiger partial charge in [-0.3, -0.25) is 14.0 Å². The first kappa shape index (κ1) is 18.5. The fourth-order valence-electron chi connectivity index (χ4n) is 4.22. The molecule has 3 unspecified atom stereocenters. The highest BCUT2D eigenvalue weighted by atomic mass is 32.2. The molecule has 8 nitrogen and oxygen atoms in total. The topological polar surface area (TPSA) is 115 Å². The molecular formula is C19H16N2O6S2. The van der Waals surface area contributed by atoms with Crippen LogP contribution in [0, 0.1) is 5.92 Å². The predicted octanol–water partition coefficient (Wildman–Crippen LogP) is 1.56. The van der Waals surface area contributed by atoms with Crippen molar-refractivity contribution in [3.63, 3.8) is 0 Å². The van der Waals surface area contributed by atoms with Gasteiger partial charge < -0.3 is 10.2 Å². The summed E-state index contributed by atoms with van der Waals surface area (Å²) in [4.78, 5) is 25.9. The standard InChI is InChI=1S/C19H16N2O6S2/c1-9(22)14-17(23)21-16(19(24)25)12(28-18(14)21)8-20-11-6-2-4-10-5-3-7-13(15(10)11)29(20,26)27/h2-7,9,14,18,22H,8H2,1H3,(H,24,25). The first-order chi connectivity index (χ1) is 13.7. The van der Waals surface area contributed by atoms with Gasteiger partial charge in [-0.15, -0.1) is 0 Å². The minimum Gasteiger partial charge on any atom is -0.477 e. The molecule has 29 heavy (non-hydrogen) atoms.